The molecule has 0 unspecified atom stereocenters. The Morgan fingerprint density at radius 3 is 2.94 bits per heavy atom. The number of imidazole rings is 1. The SMILES string of the molecule is CCCNS(=O)(=O)c1c(N)nc2ccccn12. The summed E-state index contributed by atoms with van der Waals surface area (Å²) in [5.74, 6) is 0.0137. The Morgan fingerprint density at radius 1 is 1.47 bits per heavy atom. The number of anilines is 1. The number of nitrogen functional groups attached to an aromatic ring is 1. The summed E-state index contributed by atoms with van der Waals surface area (Å²) in [5.41, 5.74) is 6.18. The van der Waals surface area contributed by atoms with E-state index in [9.17, 15) is 8.42 Å². The molecule has 0 bridgehead atoms. The van der Waals surface area contributed by atoms with Gasteiger partial charge in [0.25, 0.3) is 10.0 Å². The zero-order valence-electron chi connectivity index (χ0n) is 9.42. The number of fused-ring (bicyclic) bond motifs is 1. The lowest BCUT2D eigenvalue weighted by molar-refractivity contribution is 0.576. The summed E-state index contributed by atoms with van der Waals surface area (Å²) < 4.78 is 28.0. The van der Waals surface area contributed by atoms with Crippen molar-refractivity contribution in [2.24, 2.45) is 0 Å². The summed E-state index contributed by atoms with van der Waals surface area (Å²) in [7, 11) is -3.61. The van der Waals surface area contributed by atoms with Crippen molar-refractivity contribution >= 4 is 21.5 Å². The second kappa shape index (κ2) is 4.34. The number of hydrogen-bond donors (Lipinski definition) is 2. The number of nitrogens with two attached hydrogens (primary N) is 1. The molecule has 0 saturated heterocycles. The molecule has 17 heavy (non-hydrogen) atoms. The number of nitrogens with one attached hydrogen (secondary N) is 1. The smallest absolute Gasteiger partial charge is 0.260 e. The molecule has 0 amide bonds. The third-order valence-corrected chi connectivity index (χ3v) is 3.81. The lowest BCUT2D eigenvalue weighted by Gasteiger charge is -2.05. The van der Waals surface area contributed by atoms with E-state index in [1.165, 1.54) is 4.40 Å². The number of hydrogen-bond acceptors (Lipinski definition) is 4. The van der Waals surface area contributed by atoms with Crippen LogP contribution in [0.3, 0.4) is 0 Å². The van der Waals surface area contributed by atoms with Crippen LogP contribution in [-0.2, 0) is 10.0 Å². The van der Waals surface area contributed by atoms with Crippen LogP contribution in [0, 0.1) is 0 Å². The van der Waals surface area contributed by atoms with E-state index in [0.29, 0.717) is 12.2 Å². The first-order valence-corrected chi connectivity index (χ1v) is 6.77. The standard InChI is InChI=1S/C10H14N4O2S/c1-2-6-12-17(15,16)10-9(11)13-8-5-3-4-7-14(8)10/h3-5,7,12H,2,6,11H2,1H3. The summed E-state index contributed by atoms with van der Waals surface area (Å²) in [6, 6.07) is 5.21. The first kappa shape index (κ1) is 11.9. The Morgan fingerprint density at radius 2 is 2.24 bits per heavy atom. The molecule has 6 nitrogen and oxygen atoms in total. The van der Waals surface area contributed by atoms with Crippen LogP contribution in [0.25, 0.3) is 5.65 Å². The molecular formula is C10H14N4O2S. The predicted molar refractivity (Wildman–Crippen MR) is 65.1 cm³/mol. The van der Waals surface area contributed by atoms with Gasteiger partial charge >= 0.3 is 0 Å². The molecule has 0 aromatic carbocycles. The quantitative estimate of drug-likeness (QED) is 0.836. The largest absolute Gasteiger partial charge is 0.381 e. The molecule has 2 heterocycles. The van der Waals surface area contributed by atoms with E-state index in [1.54, 1.807) is 24.4 Å². The number of rotatable bonds is 4. The topological polar surface area (TPSA) is 89.5 Å². The van der Waals surface area contributed by atoms with Gasteiger partial charge in [-0.3, -0.25) is 4.40 Å². The third-order valence-electron chi connectivity index (χ3n) is 2.31. The molecule has 2 aromatic rings. The zero-order valence-corrected chi connectivity index (χ0v) is 10.2. The summed E-state index contributed by atoms with van der Waals surface area (Å²) in [6.45, 7) is 2.27. The molecule has 0 fully saturated rings. The summed E-state index contributed by atoms with van der Waals surface area (Å²) >= 11 is 0. The van der Waals surface area contributed by atoms with Crippen LogP contribution >= 0.6 is 0 Å². The van der Waals surface area contributed by atoms with Crippen LogP contribution in [0.5, 0.6) is 0 Å². The fraction of sp³-hybridized carbons (Fsp3) is 0.300. The van der Waals surface area contributed by atoms with Crippen LogP contribution in [0.1, 0.15) is 13.3 Å². The van der Waals surface area contributed by atoms with Gasteiger partial charge in [0.2, 0.25) is 0 Å². The van der Waals surface area contributed by atoms with Crippen molar-refractivity contribution in [2.45, 2.75) is 18.4 Å². The minimum Gasteiger partial charge on any atom is -0.381 e. The minimum absolute atomic E-state index is 0.00144. The monoisotopic (exact) mass is 254 g/mol. The summed E-state index contributed by atoms with van der Waals surface area (Å²) in [5, 5.41) is 0.00144. The lowest BCUT2D eigenvalue weighted by Crippen LogP contribution is -2.26. The average Bonchev–Trinajstić information content (AvgIpc) is 2.63. The number of sulfonamides is 1. The van der Waals surface area contributed by atoms with E-state index in [-0.39, 0.29) is 10.8 Å². The molecule has 7 heteroatoms. The molecular weight excluding hydrogens is 240 g/mol. The maximum atomic E-state index is 12.0. The highest BCUT2D eigenvalue weighted by Gasteiger charge is 2.22. The maximum Gasteiger partial charge on any atom is 0.260 e. The van der Waals surface area contributed by atoms with E-state index >= 15 is 0 Å². The van der Waals surface area contributed by atoms with Gasteiger partial charge in [0.1, 0.15) is 5.65 Å². The van der Waals surface area contributed by atoms with E-state index in [4.69, 9.17) is 5.73 Å². The predicted octanol–water partition coefficient (Wildman–Crippen LogP) is 0.605. The summed E-state index contributed by atoms with van der Waals surface area (Å²) in [4.78, 5) is 4.01. The zero-order chi connectivity index (χ0) is 12.5. The molecule has 0 aliphatic carbocycles. The van der Waals surface area contributed by atoms with Gasteiger partial charge in [-0.15, -0.1) is 0 Å². The molecule has 0 radical (unpaired) electrons. The van der Waals surface area contributed by atoms with Gasteiger partial charge in [-0.25, -0.2) is 18.1 Å². The molecule has 0 aliphatic rings. The Labute approximate surface area is 99.5 Å². The molecule has 2 rings (SSSR count). The second-order valence-corrected chi connectivity index (χ2v) is 5.31. The van der Waals surface area contributed by atoms with Crippen LogP contribution < -0.4 is 10.5 Å². The van der Waals surface area contributed by atoms with Gasteiger partial charge in [0, 0.05) is 12.7 Å². The lowest BCUT2D eigenvalue weighted by atomic mass is 10.5. The Hall–Kier alpha value is -1.60. The van der Waals surface area contributed by atoms with E-state index in [2.05, 4.69) is 9.71 Å². The van der Waals surface area contributed by atoms with E-state index in [1.807, 2.05) is 6.92 Å². The third kappa shape index (κ3) is 2.11. The van der Waals surface area contributed by atoms with Gasteiger partial charge in [-0.05, 0) is 18.6 Å². The highest BCUT2D eigenvalue weighted by molar-refractivity contribution is 7.89. The molecule has 0 saturated carbocycles. The van der Waals surface area contributed by atoms with Gasteiger partial charge in [0.15, 0.2) is 10.8 Å². The van der Waals surface area contributed by atoms with Crippen molar-refractivity contribution < 1.29 is 8.42 Å². The van der Waals surface area contributed by atoms with Crippen LogP contribution in [0.15, 0.2) is 29.4 Å². The van der Waals surface area contributed by atoms with Crippen molar-refractivity contribution in [2.75, 3.05) is 12.3 Å². The molecule has 0 atom stereocenters. The van der Waals surface area contributed by atoms with E-state index in [0.717, 1.165) is 6.42 Å². The normalized spacial score (nSPS) is 12.1. The Kier molecular flexibility index (Phi) is 3.03. The average molecular weight is 254 g/mol. The molecule has 0 spiro atoms. The van der Waals surface area contributed by atoms with Crippen molar-refractivity contribution in [3.05, 3.63) is 24.4 Å². The van der Waals surface area contributed by atoms with Crippen LogP contribution in [0.4, 0.5) is 5.82 Å². The van der Waals surface area contributed by atoms with Gasteiger partial charge in [-0.2, -0.15) is 0 Å². The summed E-state index contributed by atoms with van der Waals surface area (Å²) in [6.07, 6.45) is 2.34. The molecule has 0 aliphatic heterocycles. The first-order valence-electron chi connectivity index (χ1n) is 5.28. The van der Waals surface area contributed by atoms with Crippen molar-refractivity contribution in [3.63, 3.8) is 0 Å². The fourth-order valence-electron chi connectivity index (χ4n) is 1.56. The molecule has 3 N–H and O–H groups in total. The van der Waals surface area contributed by atoms with Crippen molar-refractivity contribution in [1.82, 2.24) is 14.1 Å². The Bertz CT molecular complexity index is 633. The van der Waals surface area contributed by atoms with Gasteiger partial charge in [-0.1, -0.05) is 13.0 Å². The van der Waals surface area contributed by atoms with Crippen LogP contribution in [-0.4, -0.2) is 24.3 Å². The Balaban J connectivity index is 2.58. The van der Waals surface area contributed by atoms with Crippen molar-refractivity contribution in [1.29, 1.82) is 0 Å². The van der Waals surface area contributed by atoms with Gasteiger partial charge in [0.05, 0.1) is 0 Å². The molecule has 2 aromatic heterocycles. The maximum absolute atomic E-state index is 12.0. The fourth-order valence-corrected chi connectivity index (χ4v) is 2.91. The number of nitrogens with zero attached hydrogens (tertiary/aromatic N) is 2. The minimum atomic E-state index is -3.61. The molecule has 92 valence electrons. The highest BCUT2D eigenvalue weighted by Crippen LogP contribution is 2.19. The number of aromatic nitrogens is 2. The number of pyridine rings is 1. The second-order valence-electron chi connectivity index (χ2n) is 3.63. The van der Waals surface area contributed by atoms with Crippen LogP contribution in [0.2, 0.25) is 0 Å². The highest BCUT2D eigenvalue weighted by atomic mass is 32.2. The van der Waals surface area contributed by atoms with Gasteiger partial charge < -0.3 is 5.73 Å². The van der Waals surface area contributed by atoms with Crippen molar-refractivity contribution in [3.8, 4) is 0 Å². The van der Waals surface area contributed by atoms with E-state index < -0.39 is 10.0 Å². The first-order chi connectivity index (χ1) is 8.06.